The van der Waals surface area contributed by atoms with Gasteiger partial charge in [0, 0.05) is 16.6 Å². The predicted octanol–water partition coefficient (Wildman–Crippen LogP) is 3.38. The van der Waals surface area contributed by atoms with Gasteiger partial charge in [0.1, 0.15) is 0 Å². The van der Waals surface area contributed by atoms with E-state index in [0.717, 1.165) is 29.1 Å². The van der Waals surface area contributed by atoms with Crippen LogP contribution in [0.1, 0.15) is 30.9 Å². The fraction of sp³-hybridized carbons (Fsp3) is 0.357. The van der Waals surface area contributed by atoms with Crippen LogP contribution in [0.2, 0.25) is 5.02 Å². The van der Waals surface area contributed by atoms with Crippen molar-refractivity contribution < 1.29 is 4.79 Å². The van der Waals surface area contributed by atoms with Gasteiger partial charge < -0.3 is 10.6 Å². The van der Waals surface area contributed by atoms with E-state index in [2.05, 4.69) is 16.7 Å². The fourth-order valence-corrected chi connectivity index (χ4v) is 2.91. The molecule has 1 heterocycles. The number of rotatable bonds is 1. The van der Waals surface area contributed by atoms with Crippen molar-refractivity contribution in [1.29, 1.82) is 0 Å². The van der Waals surface area contributed by atoms with Crippen molar-refractivity contribution in [2.45, 2.75) is 25.3 Å². The molecule has 1 aromatic carbocycles. The van der Waals surface area contributed by atoms with Gasteiger partial charge in [0.05, 0.1) is 6.04 Å². The van der Waals surface area contributed by atoms with E-state index < -0.39 is 0 Å². The second-order valence-electron chi connectivity index (χ2n) is 4.82. The predicted molar refractivity (Wildman–Crippen MR) is 71.3 cm³/mol. The van der Waals surface area contributed by atoms with Crippen LogP contribution in [0, 0.1) is 5.92 Å². The molecular weight excluding hydrogens is 248 g/mol. The van der Waals surface area contributed by atoms with Gasteiger partial charge in [-0.3, -0.25) is 0 Å². The average molecular weight is 263 g/mol. The largest absolute Gasteiger partial charge is 0.330 e. The molecule has 1 saturated heterocycles. The number of urea groups is 1. The molecule has 0 saturated carbocycles. The Bertz CT molecular complexity index is 495. The molecule has 0 bridgehead atoms. The van der Waals surface area contributed by atoms with Crippen molar-refractivity contribution >= 4 is 17.6 Å². The van der Waals surface area contributed by atoms with Crippen LogP contribution in [0.25, 0.3) is 0 Å². The molecule has 1 aromatic rings. The Morgan fingerprint density at radius 3 is 2.78 bits per heavy atom. The van der Waals surface area contributed by atoms with Crippen LogP contribution in [0.15, 0.2) is 36.0 Å². The molecule has 18 heavy (non-hydrogen) atoms. The van der Waals surface area contributed by atoms with Crippen LogP contribution in [0.5, 0.6) is 0 Å². The van der Waals surface area contributed by atoms with Crippen LogP contribution in [0.3, 0.4) is 0 Å². The maximum Gasteiger partial charge on any atom is 0.319 e. The quantitative estimate of drug-likeness (QED) is 0.800. The fourth-order valence-electron chi connectivity index (χ4n) is 2.79. The molecule has 3 nitrogen and oxygen atoms in total. The van der Waals surface area contributed by atoms with E-state index in [0.29, 0.717) is 5.92 Å². The summed E-state index contributed by atoms with van der Waals surface area (Å²) in [6, 6.07) is 7.67. The van der Waals surface area contributed by atoms with Gasteiger partial charge in [-0.05, 0) is 37.0 Å². The number of allylic oxidation sites excluding steroid dienone is 1. The normalized spacial score (nSPS) is 26.7. The van der Waals surface area contributed by atoms with Gasteiger partial charge in [-0.25, -0.2) is 4.79 Å². The van der Waals surface area contributed by atoms with E-state index >= 15 is 0 Å². The second-order valence-corrected chi connectivity index (χ2v) is 5.26. The zero-order chi connectivity index (χ0) is 12.5. The molecule has 2 aliphatic rings. The molecule has 2 amide bonds. The van der Waals surface area contributed by atoms with Crippen molar-refractivity contribution in [2.75, 3.05) is 0 Å². The van der Waals surface area contributed by atoms with Gasteiger partial charge in [0.25, 0.3) is 0 Å². The summed E-state index contributed by atoms with van der Waals surface area (Å²) in [7, 11) is 0. The summed E-state index contributed by atoms with van der Waals surface area (Å²) in [6.07, 6.45) is 5.48. The summed E-state index contributed by atoms with van der Waals surface area (Å²) in [5, 5.41) is 6.65. The van der Waals surface area contributed by atoms with Crippen LogP contribution >= 0.6 is 11.6 Å². The number of hydrogen-bond acceptors (Lipinski definition) is 1. The number of carbonyl (C=O) groups is 1. The third kappa shape index (κ3) is 2.10. The molecule has 94 valence electrons. The Labute approximate surface area is 111 Å². The van der Waals surface area contributed by atoms with Crippen LogP contribution in [-0.4, -0.2) is 6.03 Å². The Balaban J connectivity index is 1.94. The number of carbonyl (C=O) groups excluding carboxylic acids is 1. The zero-order valence-corrected chi connectivity index (χ0v) is 10.7. The SMILES string of the molecule is O=C1NC2=CCCC[C@@H]2[C@H](c2ccc(Cl)cc2)N1. The highest BCUT2D eigenvalue weighted by Gasteiger charge is 2.34. The molecule has 2 atom stereocenters. The van der Waals surface area contributed by atoms with Gasteiger partial charge in [-0.2, -0.15) is 0 Å². The lowest BCUT2D eigenvalue weighted by molar-refractivity contribution is 0.220. The Morgan fingerprint density at radius 2 is 2.00 bits per heavy atom. The van der Waals surface area contributed by atoms with Crippen molar-refractivity contribution in [3.8, 4) is 0 Å². The lowest BCUT2D eigenvalue weighted by Gasteiger charge is -2.37. The summed E-state index contributed by atoms with van der Waals surface area (Å²) >= 11 is 5.91. The van der Waals surface area contributed by atoms with Gasteiger partial charge in [0.2, 0.25) is 0 Å². The second kappa shape index (κ2) is 4.65. The first kappa shape index (κ1) is 11.6. The van der Waals surface area contributed by atoms with Crippen molar-refractivity contribution in [3.05, 3.63) is 46.6 Å². The summed E-state index contributed by atoms with van der Waals surface area (Å²) in [5.41, 5.74) is 2.19. The van der Waals surface area contributed by atoms with Gasteiger partial charge in [-0.1, -0.05) is 29.8 Å². The van der Waals surface area contributed by atoms with Gasteiger partial charge >= 0.3 is 6.03 Å². The lowest BCUT2D eigenvalue weighted by Crippen LogP contribution is -2.49. The molecule has 2 N–H and O–H groups in total. The first-order valence-electron chi connectivity index (χ1n) is 6.27. The Kier molecular flexibility index (Phi) is 3.00. The van der Waals surface area contributed by atoms with Gasteiger partial charge in [-0.15, -0.1) is 0 Å². The highest BCUT2D eigenvalue weighted by Crippen LogP contribution is 2.36. The third-order valence-corrected chi connectivity index (χ3v) is 3.91. The molecule has 0 aromatic heterocycles. The van der Waals surface area contributed by atoms with Crippen LogP contribution in [0.4, 0.5) is 4.79 Å². The summed E-state index contributed by atoms with van der Waals surface area (Å²) in [4.78, 5) is 11.7. The molecular formula is C14H15ClN2O. The summed E-state index contributed by atoms with van der Waals surface area (Å²) in [6.45, 7) is 0. The number of amides is 2. The Hall–Kier alpha value is -1.48. The minimum atomic E-state index is -0.112. The lowest BCUT2D eigenvalue weighted by atomic mass is 9.82. The number of halogens is 1. The average Bonchev–Trinajstić information content (AvgIpc) is 2.38. The minimum absolute atomic E-state index is 0.0579. The van der Waals surface area contributed by atoms with E-state index in [1.165, 1.54) is 6.42 Å². The number of fused-ring (bicyclic) bond motifs is 1. The highest BCUT2D eigenvalue weighted by molar-refractivity contribution is 6.30. The van der Waals surface area contributed by atoms with Gasteiger partial charge in [0.15, 0.2) is 0 Å². The van der Waals surface area contributed by atoms with Crippen molar-refractivity contribution in [1.82, 2.24) is 10.6 Å². The first-order valence-corrected chi connectivity index (χ1v) is 6.65. The van der Waals surface area contributed by atoms with E-state index in [1.54, 1.807) is 0 Å². The topological polar surface area (TPSA) is 41.1 Å². The van der Waals surface area contributed by atoms with E-state index in [1.807, 2.05) is 24.3 Å². The molecule has 1 aliphatic carbocycles. The van der Waals surface area contributed by atoms with Crippen molar-refractivity contribution in [2.24, 2.45) is 5.92 Å². The number of hydrogen-bond donors (Lipinski definition) is 2. The van der Waals surface area contributed by atoms with Crippen LogP contribution < -0.4 is 10.6 Å². The molecule has 3 rings (SSSR count). The monoisotopic (exact) mass is 262 g/mol. The Morgan fingerprint density at radius 1 is 1.22 bits per heavy atom. The van der Waals surface area contributed by atoms with E-state index in [-0.39, 0.29) is 12.1 Å². The maximum atomic E-state index is 11.7. The van der Waals surface area contributed by atoms with E-state index in [9.17, 15) is 4.79 Å². The molecule has 1 fully saturated rings. The summed E-state index contributed by atoms with van der Waals surface area (Å²) in [5.74, 6) is 0.359. The summed E-state index contributed by atoms with van der Waals surface area (Å²) < 4.78 is 0. The minimum Gasteiger partial charge on any atom is -0.330 e. The molecule has 0 radical (unpaired) electrons. The molecule has 1 aliphatic heterocycles. The third-order valence-electron chi connectivity index (χ3n) is 3.66. The van der Waals surface area contributed by atoms with Crippen LogP contribution in [-0.2, 0) is 0 Å². The molecule has 4 heteroatoms. The van der Waals surface area contributed by atoms with Crippen molar-refractivity contribution in [3.63, 3.8) is 0 Å². The number of nitrogens with one attached hydrogen (secondary N) is 2. The smallest absolute Gasteiger partial charge is 0.319 e. The number of benzene rings is 1. The highest BCUT2D eigenvalue weighted by atomic mass is 35.5. The first-order chi connectivity index (χ1) is 8.74. The zero-order valence-electron chi connectivity index (χ0n) is 9.95. The molecule has 0 unspecified atom stereocenters. The van der Waals surface area contributed by atoms with E-state index in [4.69, 9.17) is 11.6 Å². The standard InChI is InChI=1S/C14H15ClN2O/c15-10-7-5-9(6-8-10)13-11-3-1-2-4-12(11)16-14(18)17-13/h4-8,11,13H,1-3H2,(H2,16,17,18)/t11-,13-/m0/s1. The molecule has 0 spiro atoms. The maximum absolute atomic E-state index is 11.7.